The van der Waals surface area contributed by atoms with Gasteiger partial charge in [-0.2, -0.15) is 0 Å². The minimum atomic E-state index is -0.500. The zero-order valence-corrected chi connectivity index (χ0v) is 10.3. The quantitative estimate of drug-likeness (QED) is 0.635. The Morgan fingerprint density at radius 1 is 0.636 bits per heavy atom. The van der Waals surface area contributed by atoms with Crippen LogP contribution in [-0.2, 0) is 21.1 Å². The van der Waals surface area contributed by atoms with Crippen LogP contribution in [0.4, 0.5) is 0 Å². The molecule has 0 unspecified atom stereocenters. The summed E-state index contributed by atoms with van der Waals surface area (Å²) in [5, 5.41) is 17.0. The molecule has 0 rings (SSSR count). The molecule has 0 aromatic heterocycles. The first-order chi connectivity index (χ1) is 4.00. The van der Waals surface area contributed by atoms with Crippen molar-refractivity contribution in [2.75, 3.05) is 0 Å². The topological polar surface area (TPSA) is 40.5 Å². The fourth-order valence-electron chi connectivity index (χ4n) is 0. The molecule has 0 amide bonds. The van der Waals surface area contributed by atoms with Crippen LogP contribution in [0.2, 0.25) is 0 Å². The summed E-state index contributed by atoms with van der Waals surface area (Å²) in [5.74, 6) is 0. The van der Waals surface area contributed by atoms with Crippen LogP contribution in [0.3, 0.4) is 0 Å². The standard InChI is InChI=1S/2C4H10O.Mo/c2*1-4(2,3)5;/h2*5H,1-3H3;. The van der Waals surface area contributed by atoms with E-state index in [0.717, 1.165) is 0 Å². The first kappa shape index (κ1) is 17.6. The molecule has 0 aliphatic rings. The van der Waals surface area contributed by atoms with Crippen LogP contribution in [0.15, 0.2) is 0 Å². The van der Waals surface area contributed by atoms with Crippen LogP contribution in [0.5, 0.6) is 0 Å². The van der Waals surface area contributed by atoms with Gasteiger partial charge in [0.1, 0.15) is 0 Å². The van der Waals surface area contributed by atoms with E-state index in [-0.39, 0.29) is 21.1 Å². The Balaban J connectivity index is -0.000000107. The van der Waals surface area contributed by atoms with Gasteiger partial charge < -0.3 is 10.2 Å². The van der Waals surface area contributed by atoms with Crippen LogP contribution in [0.1, 0.15) is 41.5 Å². The molecule has 3 heteroatoms. The maximum Gasteiger partial charge on any atom is 0.0563 e. The maximum absolute atomic E-state index is 8.52. The molecule has 0 saturated heterocycles. The van der Waals surface area contributed by atoms with Gasteiger partial charge in [0, 0.05) is 21.1 Å². The fraction of sp³-hybridized carbons (Fsp3) is 1.00. The van der Waals surface area contributed by atoms with Crippen molar-refractivity contribution in [3.05, 3.63) is 0 Å². The van der Waals surface area contributed by atoms with Crippen LogP contribution in [0.25, 0.3) is 0 Å². The Bertz CT molecular complexity index is 55.1. The molecule has 0 aromatic rings. The molecule has 0 spiro atoms. The average Bonchev–Trinajstić information content (AvgIpc) is 1.12. The van der Waals surface area contributed by atoms with Gasteiger partial charge >= 0.3 is 0 Å². The van der Waals surface area contributed by atoms with Gasteiger partial charge in [0.25, 0.3) is 0 Å². The van der Waals surface area contributed by atoms with E-state index in [0.29, 0.717) is 0 Å². The first-order valence-corrected chi connectivity index (χ1v) is 3.45. The third-order valence-corrected chi connectivity index (χ3v) is 0. The molecule has 2 N–H and O–H groups in total. The second-order valence-corrected chi connectivity index (χ2v) is 4.34. The zero-order valence-electron chi connectivity index (χ0n) is 8.30. The molecule has 0 atom stereocenters. The zero-order chi connectivity index (χ0) is 9.00. The summed E-state index contributed by atoms with van der Waals surface area (Å²) in [6, 6.07) is 0. The van der Waals surface area contributed by atoms with Crippen molar-refractivity contribution in [3.63, 3.8) is 0 Å². The van der Waals surface area contributed by atoms with Crippen molar-refractivity contribution in [2.45, 2.75) is 52.7 Å². The normalized spacial score (nSPS) is 10.9. The van der Waals surface area contributed by atoms with E-state index in [2.05, 4.69) is 0 Å². The smallest absolute Gasteiger partial charge is 0.0563 e. The van der Waals surface area contributed by atoms with Crippen LogP contribution in [0, 0.1) is 0 Å². The van der Waals surface area contributed by atoms with Crippen molar-refractivity contribution >= 4 is 0 Å². The Hall–Kier alpha value is 0.608. The van der Waals surface area contributed by atoms with Crippen LogP contribution < -0.4 is 0 Å². The second-order valence-electron chi connectivity index (χ2n) is 4.34. The van der Waals surface area contributed by atoms with E-state index in [9.17, 15) is 0 Å². The van der Waals surface area contributed by atoms with Gasteiger partial charge in [-0.3, -0.25) is 0 Å². The van der Waals surface area contributed by atoms with Crippen molar-refractivity contribution in [1.82, 2.24) is 0 Å². The molecule has 0 aromatic carbocycles. The van der Waals surface area contributed by atoms with Gasteiger partial charge in [-0.05, 0) is 41.5 Å². The molecular formula is C8H20MoO2. The second kappa shape index (κ2) is 6.16. The van der Waals surface area contributed by atoms with Crippen LogP contribution >= 0.6 is 0 Å². The van der Waals surface area contributed by atoms with E-state index >= 15 is 0 Å². The molecular weight excluding hydrogens is 224 g/mol. The molecule has 0 fully saturated rings. The number of hydrogen-bond acceptors (Lipinski definition) is 2. The SMILES string of the molecule is CC(C)(C)O.CC(C)(C)O.[Mo]. The summed E-state index contributed by atoms with van der Waals surface area (Å²) in [6.07, 6.45) is 0. The molecule has 70 valence electrons. The minimum absolute atomic E-state index is 0. The number of hydrogen-bond donors (Lipinski definition) is 2. The summed E-state index contributed by atoms with van der Waals surface area (Å²) in [7, 11) is 0. The molecule has 0 radical (unpaired) electrons. The van der Waals surface area contributed by atoms with Crippen molar-refractivity contribution in [2.24, 2.45) is 0 Å². The van der Waals surface area contributed by atoms with Crippen molar-refractivity contribution < 1.29 is 31.3 Å². The van der Waals surface area contributed by atoms with E-state index in [1.54, 1.807) is 41.5 Å². The molecule has 0 saturated carbocycles. The van der Waals surface area contributed by atoms with Gasteiger partial charge in [-0.1, -0.05) is 0 Å². The third-order valence-electron chi connectivity index (χ3n) is 0. The first-order valence-electron chi connectivity index (χ1n) is 3.45. The maximum atomic E-state index is 8.52. The molecule has 0 bridgehead atoms. The van der Waals surface area contributed by atoms with E-state index in [4.69, 9.17) is 10.2 Å². The van der Waals surface area contributed by atoms with E-state index in [1.165, 1.54) is 0 Å². The summed E-state index contributed by atoms with van der Waals surface area (Å²) in [4.78, 5) is 0. The van der Waals surface area contributed by atoms with Gasteiger partial charge in [0.2, 0.25) is 0 Å². The van der Waals surface area contributed by atoms with Gasteiger partial charge in [0.05, 0.1) is 11.2 Å². The number of aliphatic hydroxyl groups is 2. The Morgan fingerprint density at radius 2 is 0.636 bits per heavy atom. The molecule has 2 nitrogen and oxygen atoms in total. The molecule has 0 aliphatic carbocycles. The predicted molar refractivity (Wildman–Crippen MR) is 43.9 cm³/mol. The number of rotatable bonds is 0. The van der Waals surface area contributed by atoms with E-state index in [1.807, 2.05) is 0 Å². The summed E-state index contributed by atoms with van der Waals surface area (Å²) in [5.41, 5.74) is -1.00. The van der Waals surface area contributed by atoms with Crippen LogP contribution in [-0.4, -0.2) is 21.4 Å². The third kappa shape index (κ3) is 2120. The largest absolute Gasteiger partial charge is 0.391 e. The molecule has 0 aliphatic heterocycles. The molecule has 11 heavy (non-hydrogen) atoms. The predicted octanol–water partition coefficient (Wildman–Crippen LogP) is 1.55. The van der Waals surface area contributed by atoms with Gasteiger partial charge in [-0.15, -0.1) is 0 Å². The summed E-state index contributed by atoms with van der Waals surface area (Å²) < 4.78 is 0. The van der Waals surface area contributed by atoms with E-state index < -0.39 is 11.2 Å². The van der Waals surface area contributed by atoms with Crippen molar-refractivity contribution in [3.8, 4) is 0 Å². The molecule has 0 heterocycles. The Labute approximate surface area is 84.3 Å². The minimum Gasteiger partial charge on any atom is -0.391 e. The fourth-order valence-corrected chi connectivity index (χ4v) is 0. The Morgan fingerprint density at radius 3 is 0.636 bits per heavy atom. The Kier molecular flexibility index (Phi) is 9.87. The van der Waals surface area contributed by atoms with Gasteiger partial charge in [-0.25, -0.2) is 0 Å². The average molecular weight is 244 g/mol. The van der Waals surface area contributed by atoms with Gasteiger partial charge in [0.15, 0.2) is 0 Å². The monoisotopic (exact) mass is 246 g/mol. The summed E-state index contributed by atoms with van der Waals surface area (Å²) in [6.45, 7) is 10.5. The van der Waals surface area contributed by atoms with Crippen molar-refractivity contribution in [1.29, 1.82) is 0 Å². The summed E-state index contributed by atoms with van der Waals surface area (Å²) >= 11 is 0.